The van der Waals surface area contributed by atoms with Crippen LogP contribution in [0.15, 0.2) is 66.7 Å². The van der Waals surface area contributed by atoms with Gasteiger partial charge in [0.25, 0.3) is 0 Å². The lowest BCUT2D eigenvalue weighted by molar-refractivity contribution is 0.0528. The van der Waals surface area contributed by atoms with Crippen molar-refractivity contribution in [2.75, 3.05) is 6.61 Å². The van der Waals surface area contributed by atoms with Gasteiger partial charge in [-0.1, -0.05) is 60.7 Å². The number of hydrogen-bond donors (Lipinski definition) is 0. The molecular weight excluding hydrogens is 260 g/mol. The Balaban J connectivity index is 2.21. The van der Waals surface area contributed by atoms with Gasteiger partial charge in [0.2, 0.25) is 0 Å². The molecule has 2 nitrogen and oxygen atoms in total. The number of esters is 1. The van der Waals surface area contributed by atoms with Crippen LogP contribution in [0.2, 0.25) is 0 Å². The molecule has 0 heterocycles. The van der Waals surface area contributed by atoms with Crippen molar-refractivity contribution < 1.29 is 9.53 Å². The summed E-state index contributed by atoms with van der Waals surface area (Å²) in [5, 5.41) is 0. The quantitative estimate of drug-likeness (QED) is 0.652. The van der Waals surface area contributed by atoms with E-state index in [1.807, 2.05) is 61.5 Å². The number of rotatable bonds is 3. The molecule has 104 valence electrons. The molecule has 1 aromatic rings. The van der Waals surface area contributed by atoms with E-state index >= 15 is 0 Å². The number of ether oxygens (including phenoxy) is 1. The van der Waals surface area contributed by atoms with Crippen LogP contribution >= 0.6 is 0 Å². The molecule has 0 radical (unpaired) electrons. The van der Waals surface area contributed by atoms with Gasteiger partial charge in [-0.2, -0.15) is 0 Å². The number of carbonyl (C=O) groups is 1. The summed E-state index contributed by atoms with van der Waals surface area (Å²) in [5.74, 6) is -0.268. The lowest BCUT2D eigenvalue weighted by atomic mass is 10.0. The second kappa shape index (κ2) is 5.80. The molecule has 0 atom stereocenters. The zero-order valence-electron chi connectivity index (χ0n) is 11.9. The van der Waals surface area contributed by atoms with Crippen LogP contribution in [0.1, 0.15) is 17.3 Å². The van der Waals surface area contributed by atoms with Gasteiger partial charge in [-0.15, -0.1) is 0 Å². The molecule has 0 saturated carbocycles. The lowest BCUT2D eigenvalue weighted by Gasteiger charge is -2.02. The number of hydrogen-bond acceptors (Lipinski definition) is 2. The van der Waals surface area contributed by atoms with Crippen LogP contribution in [0.3, 0.4) is 0 Å². The Kier molecular flexibility index (Phi) is 3.69. The molecule has 2 aliphatic rings. The molecule has 0 bridgehead atoms. The van der Waals surface area contributed by atoms with Crippen LogP contribution in [-0.2, 0) is 4.74 Å². The summed E-state index contributed by atoms with van der Waals surface area (Å²) in [6.07, 6.45) is 0. The van der Waals surface area contributed by atoms with E-state index in [0.29, 0.717) is 12.2 Å². The molecule has 0 unspecified atom stereocenters. The van der Waals surface area contributed by atoms with E-state index in [0.717, 1.165) is 22.3 Å². The van der Waals surface area contributed by atoms with Crippen LogP contribution in [0.5, 0.6) is 0 Å². The summed E-state index contributed by atoms with van der Waals surface area (Å²) in [5.41, 5.74) is 4.78. The van der Waals surface area contributed by atoms with E-state index in [1.54, 1.807) is 0 Å². The summed E-state index contributed by atoms with van der Waals surface area (Å²) >= 11 is 0. The second-order valence-corrected chi connectivity index (χ2v) is 4.80. The largest absolute Gasteiger partial charge is 0.462 e. The summed E-state index contributed by atoms with van der Waals surface area (Å²) in [6.45, 7) is 2.20. The Hall–Kier alpha value is -2.61. The van der Waals surface area contributed by atoms with Crippen molar-refractivity contribution in [1.29, 1.82) is 0 Å². The monoisotopic (exact) mass is 276 g/mol. The molecule has 0 aromatic heterocycles. The molecule has 0 fully saturated rings. The molecular formula is C19H16O2. The van der Waals surface area contributed by atoms with Crippen LogP contribution in [0, 0.1) is 0 Å². The van der Waals surface area contributed by atoms with Crippen molar-refractivity contribution in [3.8, 4) is 22.3 Å². The fraction of sp³-hybridized carbons (Fsp3) is 0.105. The Morgan fingerprint density at radius 1 is 0.857 bits per heavy atom. The smallest absolute Gasteiger partial charge is 0.338 e. The van der Waals surface area contributed by atoms with E-state index in [-0.39, 0.29) is 5.97 Å². The lowest BCUT2D eigenvalue weighted by Crippen LogP contribution is -2.03. The number of benzene rings is 1. The highest BCUT2D eigenvalue weighted by Crippen LogP contribution is 2.38. The standard InChI is InChI=1S/C19H16O2/c1-2-21-19(20)18-13-17(14-9-5-3-6-10-14)15-11-7-4-8-12-16(15)18/h3-13H,2H2,1H3. The molecule has 21 heavy (non-hydrogen) atoms. The van der Waals surface area contributed by atoms with Crippen LogP contribution in [0.25, 0.3) is 22.3 Å². The van der Waals surface area contributed by atoms with E-state index in [4.69, 9.17) is 4.74 Å². The summed E-state index contributed by atoms with van der Waals surface area (Å²) in [7, 11) is 0. The van der Waals surface area contributed by atoms with Crippen molar-refractivity contribution in [2.45, 2.75) is 6.92 Å². The van der Waals surface area contributed by atoms with Crippen molar-refractivity contribution in [1.82, 2.24) is 0 Å². The summed E-state index contributed by atoms with van der Waals surface area (Å²) in [4.78, 5) is 12.2. The highest BCUT2D eigenvalue weighted by atomic mass is 16.5. The molecule has 2 heteroatoms. The first-order valence-corrected chi connectivity index (χ1v) is 7.05. The number of fused-ring (bicyclic) bond motifs is 1. The van der Waals surface area contributed by atoms with Crippen LogP contribution in [-0.4, -0.2) is 12.6 Å². The highest BCUT2D eigenvalue weighted by Gasteiger charge is 2.21. The molecule has 0 saturated heterocycles. The minimum Gasteiger partial charge on any atom is -0.462 e. The average molecular weight is 276 g/mol. The minimum absolute atomic E-state index is 0.268. The van der Waals surface area contributed by atoms with Gasteiger partial charge in [-0.05, 0) is 35.2 Å². The molecule has 2 aliphatic carbocycles. The molecule has 0 spiro atoms. The summed E-state index contributed by atoms with van der Waals surface area (Å²) < 4.78 is 5.18. The molecule has 0 amide bonds. The molecule has 3 rings (SSSR count). The third-order valence-corrected chi connectivity index (χ3v) is 3.49. The Morgan fingerprint density at radius 3 is 2.14 bits per heavy atom. The second-order valence-electron chi connectivity index (χ2n) is 4.80. The maximum Gasteiger partial charge on any atom is 0.338 e. The predicted octanol–water partition coefficient (Wildman–Crippen LogP) is 4.64. The number of carbonyl (C=O) groups excluding carboxylic acids is 1. The van der Waals surface area contributed by atoms with E-state index in [1.165, 1.54) is 0 Å². The third-order valence-electron chi connectivity index (χ3n) is 3.49. The molecule has 1 aromatic carbocycles. The Labute approximate surface area is 124 Å². The van der Waals surface area contributed by atoms with Gasteiger partial charge in [-0.25, -0.2) is 4.79 Å². The maximum absolute atomic E-state index is 12.2. The summed E-state index contributed by atoms with van der Waals surface area (Å²) in [6, 6.07) is 21.9. The van der Waals surface area contributed by atoms with Gasteiger partial charge in [-0.3, -0.25) is 0 Å². The van der Waals surface area contributed by atoms with Gasteiger partial charge >= 0.3 is 5.97 Å². The van der Waals surface area contributed by atoms with E-state index < -0.39 is 0 Å². The van der Waals surface area contributed by atoms with E-state index in [2.05, 4.69) is 12.1 Å². The van der Waals surface area contributed by atoms with Crippen molar-refractivity contribution in [2.24, 2.45) is 0 Å². The third kappa shape index (κ3) is 2.52. The van der Waals surface area contributed by atoms with Crippen LogP contribution < -0.4 is 0 Å². The fourth-order valence-corrected chi connectivity index (χ4v) is 2.55. The topological polar surface area (TPSA) is 26.3 Å². The average Bonchev–Trinajstić information content (AvgIpc) is 2.70. The Bertz CT molecular complexity index is 732. The van der Waals surface area contributed by atoms with Gasteiger partial charge < -0.3 is 4.74 Å². The first-order chi connectivity index (χ1) is 10.3. The SMILES string of the molecule is CCOC(=O)c1cc(-c2ccccc2)c2cccccc1-2. The van der Waals surface area contributed by atoms with Gasteiger partial charge in [0, 0.05) is 0 Å². The fourth-order valence-electron chi connectivity index (χ4n) is 2.55. The predicted molar refractivity (Wildman–Crippen MR) is 84.5 cm³/mol. The maximum atomic E-state index is 12.2. The Morgan fingerprint density at radius 2 is 1.48 bits per heavy atom. The van der Waals surface area contributed by atoms with Gasteiger partial charge in [0.05, 0.1) is 12.2 Å². The first kappa shape index (κ1) is 13.4. The van der Waals surface area contributed by atoms with Crippen LogP contribution in [0.4, 0.5) is 0 Å². The highest BCUT2D eigenvalue weighted by molar-refractivity contribution is 6.04. The van der Waals surface area contributed by atoms with Crippen molar-refractivity contribution in [3.05, 3.63) is 72.3 Å². The molecule has 0 aliphatic heterocycles. The van der Waals surface area contributed by atoms with Gasteiger partial charge in [0.1, 0.15) is 0 Å². The van der Waals surface area contributed by atoms with Crippen molar-refractivity contribution >= 4 is 5.97 Å². The first-order valence-electron chi connectivity index (χ1n) is 7.05. The molecule has 0 N–H and O–H groups in total. The zero-order chi connectivity index (χ0) is 14.7. The zero-order valence-corrected chi connectivity index (χ0v) is 11.9. The van der Waals surface area contributed by atoms with Crippen molar-refractivity contribution in [3.63, 3.8) is 0 Å². The van der Waals surface area contributed by atoms with E-state index in [9.17, 15) is 4.79 Å². The minimum atomic E-state index is -0.268. The van der Waals surface area contributed by atoms with Gasteiger partial charge in [0.15, 0.2) is 0 Å². The normalized spacial score (nSPS) is 10.5.